The van der Waals surface area contributed by atoms with E-state index in [2.05, 4.69) is 0 Å². The number of rotatable bonds is 2. The van der Waals surface area contributed by atoms with Gasteiger partial charge in [-0.05, 0) is 24.1 Å². The predicted molar refractivity (Wildman–Crippen MR) is 67.6 cm³/mol. The van der Waals surface area contributed by atoms with Crippen molar-refractivity contribution in [2.45, 2.75) is 13.1 Å². The van der Waals surface area contributed by atoms with E-state index in [0.29, 0.717) is 18.2 Å². The Hall–Kier alpha value is -2.12. The second kappa shape index (κ2) is 5.58. The quantitative estimate of drug-likeness (QED) is 0.853. The summed E-state index contributed by atoms with van der Waals surface area (Å²) in [5.41, 5.74) is -1.83. The van der Waals surface area contributed by atoms with E-state index >= 15 is 0 Å². The number of carboxylic acid groups (broad SMARTS) is 1. The van der Waals surface area contributed by atoms with Gasteiger partial charge in [-0.3, -0.25) is 9.59 Å². The first-order chi connectivity index (χ1) is 10.1. The van der Waals surface area contributed by atoms with Gasteiger partial charge in [0.1, 0.15) is 5.82 Å². The minimum absolute atomic E-state index is 0.0610. The second-order valence-electron chi connectivity index (χ2n) is 5.32. The van der Waals surface area contributed by atoms with Gasteiger partial charge in [0.05, 0.1) is 17.0 Å². The molecule has 1 aliphatic heterocycles. The van der Waals surface area contributed by atoms with Crippen LogP contribution in [0.2, 0.25) is 0 Å². The lowest BCUT2D eigenvalue weighted by Crippen LogP contribution is -2.30. The average molecular weight is 319 g/mol. The van der Waals surface area contributed by atoms with Crippen molar-refractivity contribution < 1.29 is 32.3 Å². The van der Waals surface area contributed by atoms with Gasteiger partial charge in [0.25, 0.3) is 5.91 Å². The van der Waals surface area contributed by atoms with Gasteiger partial charge in [-0.1, -0.05) is 6.92 Å². The third-order valence-electron chi connectivity index (χ3n) is 3.74. The number of carbonyl (C=O) groups is 2. The van der Waals surface area contributed by atoms with Crippen molar-refractivity contribution in [2.24, 2.45) is 11.8 Å². The first-order valence-corrected chi connectivity index (χ1v) is 6.50. The molecule has 1 aromatic rings. The highest BCUT2D eigenvalue weighted by Gasteiger charge is 2.38. The molecule has 0 spiro atoms. The van der Waals surface area contributed by atoms with Crippen LogP contribution in [0.25, 0.3) is 0 Å². The molecule has 8 heteroatoms. The number of benzene rings is 1. The van der Waals surface area contributed by atoms with Gasteiger partial charge in [0, 0.05) is 13.1 Å². The summed E-state index contributed by atoms with van der Waals surface area (Å²) >= 11 is 0. The topological polar surface area (TPSA) is 57.6 Å². The summed E-state index contributed by atoms with van der Waals surface area (Å²) in [6, 6.07) is 1.60. The summed E-state index contributed by atoms with van der Waals surface area (Å²) in [6.07, 6.45) is -4.69. The lowest BCUT2D eigenvalue weighted by atomic mass is 9.99. The van der Waals surface area contributed by atoms with Crippen LogP contribution in [0.15, 0.2) is 18.2 Å². The van der Waals surface area contributed by atoms with Crippen LogP contribution < -0.4 is 0 Å². The Morgan fingerprint density at radius 3 is 2.41 bits per heavy atom. The Bertz CT molecular complexity index is 615. The number of likely N-dealkylation sites (tertiary alicyclic amines) is 1. The normalized spacial score (nSPS) is 22.0. The molecule has 2 rings (SSSR count). The fraction of sp³-hybridized carbons (Fsp3) is 0.429. The lowest BCUT2D eigenvalue weighted by molar-refractivity contribution is -0.142. The third kappa shape index (κ3) is 3.05. The van der Waals surface area contributed by atoms with Gasteiger partial charge >= 0.3 is 12.1 Å². The van der Waals surface area contributed by atoms with Gasteiger partial charge in [0.2, 0.25) is 0 Å². The summed E-state index contributed by atoms with van der Waals surface area (Å²) < 4.78 is 51.6. The number of carbonyl (C=O) groups excluding carboxylic acids is 1. The minimum atomic E-state index is -4.69. The van der Waals surface area contributed by atoms with Crippen LogP contribution in [0.5, 0.6) is 0 Å². The van der Waals surface area contributed by atoms with E-state index in [1.807, 2.05) is 0 Å². The molecule has 1 aliphatic rings. The summed E-state index contributed by atoms with van der Waals surface area (Å²) in [4.78, 5) is 24.3. The third-order valence-corrected chi connectivity index (χ3v) is 3.74. The first kappa shape index (κ1) is 16.3. The van der Waals surface area contributed by atoms with Gasteiger partial charge in [0.15, 0.2) is 0 Å². The van der Waals surface area contributed by atoms with E-state index in [1.165, 1.54) is 0 Å². The van der Waals surface area contributed by atoms with E-state index in [1.54, 1.807) is 6.92 Å². The maximum Gasteiger partial charge on any atom is 0.416 e. The Kier molecular flexibility index (Phi) is 4.12. The second-order valence-corrected chi connectivity index (χ2v) is 5.32. The van der Waals surface area contributed by atoms with Crippen LogP contribution in [0.3, 0.4) is 0 Å². The van der Waals surface area contributed by atoms with E-state index in [9.17, 15) is 27.2 Å². The number of hydrogen-bond acceptors (Lipinski definition) is 2. The molecule has 1 fully saturated rings. The Morgan fingerprint density at radius 1 is 1.27 bits per heavy atom. The molecule has 1 heterocycles. The van der Waals surface area contributed by atoms with Crippen molar-refractivity contribution in [2.75, 3.05) is 13.1 Å². The summed E-state index contributed by atoms with van der Waals surface area (Å²) in [6.45, 7) is 1.53. The SMILES string of the molecule is C[C@@H]1CN(C(=O)c2cc(C(F)(F)F)ccc2F)C[C@H]1C(=O)O. The fourth-order valence-corrected chi connectivity index (χ4v) is 2.49. The van der Waals surface area contributed by atoms with Crippen molar-refractivity contribution in [3.8, 4) is 0 Å². The van der Waals surface area contributed by atoms with Crippen molar-refractivity contribution in [3.63, 3.8) is 0 Å². The van der Waals surface area contributed by atoms with Crippen LogP contribution in [-0.2, 0) is 11.0 Å². The molecule has 4 nitrogen and oxygen atoms in total. The molecule has 0 bridgehead atoms. The number of hydrogen-bond donors (Lipinski definition) is 1. The van der Waals surface area contributed by atoms with Crippen LogP contribution >= 0.6 is 0 Å². The number of nitrogens with zero attached hydrogens (tertiary/aromatic N) is 1. The molecular weight excluding hydrogens is 306 g/mol. The molecule has 0 aromatic heterocycles. The Balaban J connectivity index is 2.29. The molecule has 1 saturated heterocycles. The van der Waals surface area contributed by atoms with Crippen LogP contribution in [0, 0.1) is 17.7 Å². The van der Waals surface area contributed by atoms with Gasteiger partial charge in [-0.25, -0.2) is 4.39 Å². The van der Waals surface area contributed by atoms with Crippen molar-refractivity contribution in [1.82, 2.24) is 4.90 Å². The van der Waals surface area contributed by atoms with E-state index in [0.717, 1.165) is 4.90 Å². The van der Waals surface area contributed by atoms with Crippen molar-refractivity contribution in [3.05, 3.63) is 35.1 Å². The number of amides is 1. The standard InChI is InChI=1S/C14H13F4NO3/c1-7-5-19(6-10(7)13(21)22)12(20)9-4-8(14(16,17)18)2-3-11(9)15/h2-4,7,10H,5-6H2,1H3,(H,21,22)/t7-,10-/m1/s1. The van der Waals surface area contributed by atoms with Gasteiger partial charge < -0.3 is 10.0 Å². The number of carboxylic acids is 1. The monoisotopic (exact) mass is 319 g/mol. The molecule has 2 atom stereocenters. The molecular formula is C14H13F4NO3. The highest BCUT2D eigenvalue weighted by Crippen LogP contribution is 2.31. The van der Waals surface area contributed by atoms with Gasteiger partial charge in [-0.15, -0.1) is 0 Å². The number of halogens is 4. The summed E-state index contributed by atoms with van der Waals surface area (Å²) in [7, 11) is 0. The molecule has 0 unspecified atom stereocenters. The predicted octanol–water partition coefficient (Wildman–Crippen LogP) is 2.64. The smallest absolute Gasteiger partial charge is 0.416 e. The van der Waals surface area contributed by atoms with Crippen molar-refractivity contribution >= 4 is 11.9 Å². The summed E-state index contributed by atoms with van der Waals surface area (Å²) in [5, 5.41) is 9.00. The highest BCUT2D eigenvalue weighted by atomic mass is 19.4. The molecule has 1 amide bonds. The van der Waals surface area contributed by atoms with E-state index in [4.69, 9.17) is 5.11 Å². The maximum absolute atomic E-state index is 13.7. The fourth-order valence-electron chi connectivity index (χ4n) is 2.49. The molecule has 0 aliphatic carbocycles. The maximum atomic E-state index is 13.7. The number of alkyl halides is 3. The molecule has 22 heavy (non-hydrogen) atoms. The zero-order valence-electron chi connectivity index (χ0n) is 11.5. The lowest BCUT2D eigenvalue weighted by Gasteiger charge is -2.17. The Morgan fingerprint density at radius 2 is 1.91 bits per heavy atom. The van der Waals surface area contributed by atoms with Crippen LogP contribution in [0.1, 0.15) is 22.8 Å². The van der Waals surface area contributed by atoms with E-state index in [-0.39, 0.29) is 19.0 Å². The van der Waals surface area contributed by atoms with E-state index < -0.39 is 40.9 Å². The number of aliphatic carboxylic acids is 1. The largest absolute Gasteiger partial charge is 0.481 e. The molecule has 1 N–H and O–H groups in total. The summed E-state index contributed by atoms with van der Waals surface area (Å²) in [5.74, 6) is -4.25. The van der Waals surface area contributed by atoms with Crippen molar-refractivity contribution in [1.29, 1.82) is 0 Å². The molecule has 0 saturated carbocycles. The Labute approximate surface area is 123 Å². The van der Waals surface area contributed by atoms with Crippen LogP contribution in [-0.4, -0.2) is 35.0 Å². The molecule has 1 aromatic carbocycles. The van der Waals surface area contributed by atoms with Gasteiger partial charge in [-0.2, -0.15) is 13.2 Å². The van der Waals surface area contributed by atoms with Crippen LogP contribution in [0.4, 0.5) is 17.6 Å². The average Bonchev–Trinajstić information content (AvgIpc) is 2.79. The zero-order valence-corrected chi connectivity index (χ0v) is 11.5. The zero-order chi connectivity index (χ0) is 16.7. The molecule has 120 valence electrons. The molecule has 0 radical (unpaired) electrons. The minimum Gasteiger partial charge on any atom is -0.481 e. The highest BCUT2D eigenvalue weighted by molar-refractivity contribution is 5.95. The first-order valence-electron chi connectivity index (χ1n) is 6.50.